The molecule has 1 atom stereocenters. The second-order valence-corrected chi connectivity index (χ2v) is 2.46. The Balaban J connectivity index is 3.22. The fourth-order valence-corrected chi connectivity index (χ4v) is 0.719. The minimum absolute atomic E-state index is 0.184. The summed E-state index contributed by atoms with van der Waals surface area (Å²) in [5.41, 5.74) is 0. The molecule has 11 heavy (non-hydrogen) atoms. The van der Waals surface area contributed by atoms with Gasteiger partial charge >= 0.3 is 5.97 Å². The molecule has 0 saturated carbocycles. The summed E-state index contributed by atoms with van der Waals surface area (Å²) in [5.74, 6) is -0.962. The number of hydrogen-bond donors (Lipinski definition) is 3. The summed E-state index contributed by atoms with van der Waals surface area (Å²) >= 11 is 0. The number of carboxylic acid groups (broad SMARTS) is 1. The monoisotopic (exact) mass is 161 g/mol. The molecule has 0 aromatic heterocycles. The van der Waals surface area contributed by atoms with Crippen molar-refractivity contribution >= 4 is 5.97 Å². The number of carboxylic acids is 1. The van der Waals surface area contributed by atoms with Gasteiger partial charge < -0.3 is 15.5 Å². The normalized spacial score (nSPS) is 12.9. The molecule has 0 aliphatic heterocycles. The molecule has 0 saturated heterocycles. The van der Waals surface area contributed by atoms with Crippen molar-refractivity contribution in [3.63, 3.8) is 0 Å². The summed E-state index contributed by atoms with van der Waals surface area (Å²) in [7, 11) is 0. The molecule has 0 aliphatic carbocycles. The van der Waals surface area contributed by atoms with Crippen molar-refractivity contribution in [2.45, 2.75) is 25.9 Å². The Morgan fingerprint density at radius 3 is 2.73 bits per heavy atom. The zero-order valence-electron chi connectivity index (χ0n) is 6.71. The molecule has 3 N–H and O–H groups in total. The lowest BCUT2D eigenvalue weighted by molar-refractivity contribution is -0.139. The van der Waals surface area contributed by atoms with Gasteiger partial charge in [0, 0.05) is 6.54 Å². The number of nitrogens with one attached hydrogen (secondary N) is 1. The van der Waals surface area contributed by atoms with Gasteiger partial charge in [0.1, 0.15) is 0 Å². The fourth-order valence-electron chi connectivity index (χ4n) is 0.719. The Morgan fingerprint density at radius 2 is 2.27 bits per heavy atom. The molecule has 0 aromatic carbocycles. The topological polar surface area (TPSA) is 69.6 Å². The molecule has 0 bridgehead atoms. The molecule has 0 heterocycles. The summed E-state index contributed by atoms with van der Waals surface area (Å²) < 4.78 is 0. The SMILES string of the molecule is CCCNCC(O)CC(=O)O. The van der Waals surface area contributed by atoms with E-state index in [2.05, 4.69) is 5.32 Å². The molecule has 0 radical (unpaired) electrons. The lowest BCUT2D eigenvalue weighted by Gasteiger charge is -2.07. The molecule has 0 rings (SSSR count). The second kappa shape index (κ2) is 6.12. The highest BCUT2D eigenvalue weighted by Gasteiger charge is 2.07. The van der Waals surface area contributed by atoms with Gasteiger partial charge in [0.05, 0.1) is 12.5 Å². The molecule has 0 fully saturated rings. The van der Waals surface area contributed by atoms with Gasteiger partial charge in [0.15, 0.2) is 0 Å². The Morgan fingerprint density at radius 1 is 1.64 bits per heavy atom. The lowest BCUT2D eigenvalue weighted by atomic mass is 10.2. The summed E-state index contributed by atoms with van der Waals surface area (Å²) in [6.45, 7) is 3.19. The Labute approximate surface area is 66.2 Å². The van der Waals surface area contributed by atoms with Crippen LogP contribution in [0.4, 0.5) is 0 Å². The Hall–Kier alpha value is -0.610. The van der Waals surface area contributed by atoms with Crippen molar-refractivity contribution < 1.29 is 15.0 Å². The van der Waals surface area contributed by atoms with Crippen molar-refractivity contribution in [3.05, 3.63) is 0 Å². The number of rotatable bonds is 6. The number of carbonyl (C=O) groups is 1. The first-order valence-corrected chi connectivity index (χ1v) is 3.77. The third kappa shape index (κ3) is 7.29. The van der Waals surface area contributed by atoms with Crippen LogP contribution >= 0.6 is 0 Å². The van der Waals surface area contributed by atoms with E-state index in [-0.39, 0.29) is 6.42 Å². The summed E-state index contributed by atoms with van der Waals surface area (Å²) in [4.78, 5) is 10.1. The molecule has 0 aliphatic rings. The van der Waals surface area contributed by atoms with Crippen LogP contribution in [0.3, 0.4) is 0 Å². The van der Waals surface area contributed by atoms with E-state index < -0.39 is 12.1 Å². The van der Waals surface area contributed by atoms with Gasteiger partial charge in [0.25, 0.3) is 0 Å². The Bertz CT molecular complexity index is 116. The summed E-state index contributed by atoms with van der Waals surface area (Å²) in [6, 6.07) is 0. The minimum atomic E-state index is -0.962. The third-order valence-corrected chi connectivity index (χ3v) is 1.22. The van der Waals surface area contributed by atoms with E-state index in [1.54, 1.807) is 0 Å². The predicted molar refractivity (Wildman–Crippen MR) is 41.4 cm³/mol. The molecular weight excluding hydrogens is 146 g/mol. The van der Waals surface area contributed by atoms with E-state index >= 15 is 0 Å². The van der Waals surface area contributed by atoms with Crippen LogP contribution in [0.2, 0.25) is 0 Å². The van der Waals surface area contributed by atoms with Crippen LogP contribution in [0.5, 0.6) is 0 Å². The third-order valence-electron chi connectivity index (χ3n) is 1.22. The molecule has 0 aromatic rings. The Kier molecular flexibility index (Phi) is 5.78. The molecule has 1 unspecified atom stereocenters. The molecule has 0 spiro atoms. The standard InChI is InChI=1S/C7H15NO3/c1-2-3-8-5-6(9)4-7(10)11/h6,8-9H,2-5H2,1H3,(H,10,11). The van der Waals surface area contributed by atoms with Crippen molar-refractivity contribution in [1.82, 2.24) is 5.32 Å². The molecule has 4 nitrogen and oxygen atoms in total. The van der Waals surface area contributed by atoms with Crippen LogP contribution in [0, 0.1) is 0 Å². The summed E-state index contributed by atoms with van der Waals surface area (Å²) in [5, 5.41) is 20.2. The van der Waals surface area contributed by atoms with Crippen LogP contribution in [-0.2, 0) is 4.79 Å². The number of aliphatic hydroxyl groups excluding tert-OH is 1. The van der Waals surface area contributed by atoms with Gasteiger partial charge in [-0.2, -0.15) is 0 Å². The first-order chi connectivity index (χ1) is 5.16. The molecule has 4 heteroatoms. The van der Waals surface area contributed by atoms with E-state index in [9.17, 15) is 4.79 Å². The molecular formula is C7H15NO3. The maximum Gasteiger partial charge on any atom is 0.306 e. The highest BCUT2D eigenvalue weighted by Crippen LogP contribution is 1.88. The zero-order valence-corrected chi connectivity index (χ0v) is 6.71. The smallest absolute Gasteiger partial charge is 0.306 e. The van der Waals surface area contributed by atoms with Crippen molar-refractivity contribution in [3.8, 4) is 0 Å². The fraction of sp³-hybridized carbons (Fsp3) is 0.857. The van der Waals surface area contributed by atoms with E-state index in [4.69, 9.17) is 10.2 Å². The van der Waals surface area contributed by atoms with Gasteiger partial charge in [-0.05, 0) is 13.0 Å². The average Bonchev–Trinajstić information content (AvgIpc) is 1.86. The average molecular weight is 161 g/mol. The van der Waals surface area contributed by atoms with Gasteiger partial charge in [-0.25, -0.2) is 0 Å². The van der Waals surface area contributed by atoms with Crippen molar-refractivity contribution in [1.29, 1.82) is 0 Å². The highest BCUT2D eigenvalue weighted by molar-refractivity contribution is 5.67. The summed E-state index contributed by atoms with van der Waals surface area (Å²) in [6.07, 6.45) is 0.0373. The van der Waals surface area contributed by atoms with Crippen molar-refractivity contribution in [2.24, 2.45) is 0 Å². The van der Waals surface area contributed by atoms with E-state index in [0.29, 0.717) is 6.54 Å². The maximum atomic E-state index is 10.1. The van der Waals surface area contributed by atoms with E-state index in [1.807, 2.05) is 6.92 Å². The molecule has 0 amide bonds. The van der Waals surface area contributed by atoms with Crippen LogP contribution < -0.4 is 5.32 Å². The van der Waals surface area contributed by atoms with Gasteiger partial charge in [-0.3, -0.25) is 4.79 Å². The van der Waals surface area contributed by atoms with Crippen molar-refractivity contribution in [2.75, 3.05) is 13.1 Å². The first kappa shape index (κ1) is 10.4. The zero-order chi connectivity index (χ0) is 8.69. The number of hydrogen-bond acceptors (Lipinski definition) is 3. The maximum absolute atomic E-state index is 10.1. The predicted octanol–water partition coefficient (Wildman–Crippen LogP) is -0.178. The quantitative estimate of drug-likeness (QED) is 0.473. The minimum Gasteiger partial charge on any atom is -0.481 e. The van der Waals surface area contributed by atoms with Gasteiger partial charge in [-0.15, -0.1) is 0 Å². The highest BCUT2D eigenvalue weighted by atomic mass is 16.4. The van der Waals surface area contributed by atoms with Crippen LogP contribution in [-0.4, -0.2) is 35.4 Å². The number of aliphatic carboxylic acids is 1. The van der Waals surface area contributed by atoms with Crippen LogP contribution in [0.15, 0.2) is 0 Å². The number of aliphatic hydroxyl groups is 1. The second-order valence-electron chi connectivity index (χ2n) is 2.46. The largest absolute Gasteiger partial charge is 0.481 e. The van der Waals surface area contributed by atoms with E-state index in [1.165, 1.54) is 0 Å². The van der Waals surface area contributed by atoms with Gasteiger partial charge in [-0.1, -0.05) is 6.92 Å². The van der Waals surface area contributed by atoms with Crippen LogP contribution in [0.1, 0.15) is 19.8 Å². The molecule has 66 valence electrons. The first-order valence-electron chi connectivity index (χ1n) is 3.77. The lowest BCUT2D eigenvalue weighted by Crippen LogP contribution is -2.29. The van der Waals surface area contributed by atoms with Crippen LogP contribution in [0.25, 0.3) is 0 Å². The van der Waals surface area contributed by atoms with Gasteiger partial charge in [0.2, 0.25) is 0 Å². The van der Waals surface area contributed by atoms with E-state index in [0.717, 1.165) is 13.0 Å².